The van der Waals surface area contributed by atoms with Gasteiger partial charge in [0.05, 0.1) is 5.41 Å². The van der Waals surface area contributed by atoms with Crippen molar-refractivity contribution in [3.8, 4) is 0 Å². The molecule has 0 saturated heterocycles. The standard InChI is InChI=1S/C15H25N3O/c1-3-10-6-7-11(9-10)13-17-14(19-18-13)15(2)8-4-5-12(15)16/h10-12H,3-9,16H2,1-2H3. The zero-order chi connectivity index (χ0) is 13.5. The van der Waals surface area contributed by atoms with Crippen LogP contribution in [0.5, 0.6) is 0 Å². The van der Waals surface area contributed by atoms with Crippen molar-refractivity contribution in [3.05, 3.63) is 11.7 Å². The Morgan fingerprint density at radius 3 is 2.84 bits per heavy atom. The molecule has 1 aromatic rings. The van der Waals surface area contributed by atoms with Crippen molar-refractivity contribution in [2.24, 2.45) is 11.7 Å². The van der Waals surface area contributed by atoms with Crippen molar-refractivity contribution in [3.63, 3.8) is 0 Å². The summed E-state index contributed by atoms with van der Waals surface area (Å²) in [7, 11) is 0. The van der Waals surface area contributed by atoms with Gasteiger partial charge in [0.2, 0.25) is 5.89 Å². The van der Waals surface area contributed by atoms with Gasteiger partial charge in [-0.15, -0.1) is 0 Å². The van der Waals surface area contributed by atoms with Crippen LogP contribution in [0.2, 0.25) is 0 Å². The minimum absolute atomic E-state index is 0.103. The van der Waals surface area contributed by atoms with Crippen molar-refractivity contribution >= 4 is 0 Å². The molecule has 4 atom stereocenters. The summed E-state index contributed by atoms with van der Waals surface area (Å²) in [6.45, 7) is 4.44. The summed E-state index contributed by atoms with van der Waals surface area (Å²) in [4.78, 5) is 4.71. The van der Waals surface area contributed by atoms with E-state index >= 15 is 0 Å². The summed E-state index contributed by atoms with van der Waals surface area (Å²) >= 11 is 0. The van der Waals surface area contributed by atoms with Gasteiger partial charge in [0.15, 0.2) is 5.82 Å². The van der Waals surface area contributed by atoms with E-state index in [1.54, 1.807) is 0 Å². The number of hydrogen-bond donors (Lipinski definition) is 1. The zero-order valence-electron chi connectivity index (χ0n) is 12.1. The summed E-state index contributed by atoms with van der Waals surface area (Å²) in [6.07, 6.45) is 8.30. The van der Waals surface area contributed by atoms with Crippen LogP contribution >= 0.6 is 0 Å². The zero-order valence-corrected chi connectivity index (χ0v) is 12.1. The maximum atomic E-state index is 6.22. The third-order valence-electron chi connectivity index (χ3n) is 5.44. The van der Waals surface area contributed by atoms with Crippen LogP contribution in [0.1, 0.15) is 76.4 Å². The summed E-state index contributed by atoms with van der Waals surface area (Å²) < 4.78 is 5.56. The predicted octanol–water partition coefficient (Wildman–Crippen LogP) is 3.13. The number of nitrogens with zero attached hydrogens (tertiary/aromatic N) is 2. The Kier molecular flexibility index (Phi) is 3.37. The third kappa shape index (κ3) is 2.20. The monoisotopic (exact) mass is 263 g/mol. The SMILES string of the molecule is CCC1CCC(c2noc(C3(C)CCCC3N)n2)C1. The minimum atomic E-state index is -0.103. The lowest BCUT2D eigenvalue weighted by atomic mass is 9.85. The Morgan fingerprint density at radius 2 is 2.21 bits per heavy atom. The molecule has 3 rings (SSSR count). The molecule has 2 saturated carbocycles. The summed E-state index contributed by atoms with van der Waals surface area (Å²) in [6, 6.07) is 0.160. The first kappa shape index (κ1) is 13.1. The van der Waals surface area contributed by atoms with E-state index in [2.05, 4.69) is 19.0 Å². The Hall–Kier alpha value is -0.900. The molecule has 0 aliphatic heterocycles. The summed E-state index contributed by atoms with van der Waals surface area (Å²) in [5, 5.41) is 4.25. The maximum Gasteiger partial charge on any atom is 0.234 e. The molecule has 0 radical (unpaired) electrons. The Balaban J connectivity index is 1.77. The van der Waals surface area contributed by atoms with E-state index in [0.29, 0.717) is 5.92 Å². The van der Waals surface area contributed by atoms with E-state index in [1.807, 2.05) is 0 Å². The van der Waals surface area contributed by atoms with Crippen molar-refractivity contribution in [1.29, 1.82) is 0 Å². The van der Waals surface area contributed by atoms with Crippen LogP contribution in [0.15, 0.2) is 4.52 Å². The second-order valence-corrected chi connectivity index (χ2v) is 6.66. The number of aromatic nitrogens is 2. The van der Waals surface area contributed by atoms with Crippen LogP contribution in [0.4, 0.5) is 0 Å². The van der Waals surface area contributed by atoms with Crippen LogP contribution in [0, 0.1) is 5.92 Å². The second-order valence-electron chi connectivity index (χ2n) is 6.66. The summed E-state index contributed by atoms with van der Waals surface area (Å²) in [5.74, 6) is 3.04. The molecule has 4 unspecified atom stereocenters. The first-order valence-corrected chi connectivity index (χ1v) is 7.73. The number of rotatable bonds is 3. The van der Waals surface area contributed by atoms with Gasteiger partial charge < -0.3 is 10.3 Å². The van der Waals surface area contributed by atoms with Gasteiger partial charge in [0.1, 0.15) is 0 Å². The lowest BCUT2D eigenvalue weighted by molar-refractivity contribution is 0.276. The lowest BCUT2D eigenvalue weighted by Crippen LogP contribution is -2.38. The molecule has 2 aliphatic rings. The van der Waals surface area contributed by atoms with E-state index < -0.39 is 0 Å². The van der Waals surface area contributed by atoms with Crippen molar-refractivity contribution < 1.29 is 4.52 Å². The minimum Gasteiger partial charge on any atom is -0.339 e. The normalized spacial score (nSPS) is 39.0. The first-order valence-electron chi connectivity index (χ1n) is 7.73. The molecular weight excluding hydrogens is 238 g/mol. The average Bonchev–Trinajstić information content (AvgIpc) is 3.10. The van der Waals surface area contributed by atoms with E-state index in [0.717, 1.165) is 36.9 Å². The molecule has 106 valence electrons. The highest BCUT2D eigenvalue weighted by Gasteiger charge is 2.43. The van der Waals surface area contributed by atoms with Gasteiger partial charge in [-0.25, -0.2) is 0 Å². The van der Waals surface area contributed by atoms with Gasteiger partial charge in [-0.1, -0.05) is 24.9 Å². The molecule has 1 aromatic heterocycles. The lowest BCUT2D eigenvalue weighted by Gasteiger charge is -2.23. The molecule has 0 bridgehead atoms. The van der Waals surface area contributed by atoms with Crippen LogP contribution < -0.4 is 5.73 Å². The quantitative estimate of drug-likeness (QED) is 0.910. The molecule has 4 nitrogen and oxygen atoms in total. The van der Waals surface area contributed by atoms with E-state index in [1.165, 1.54) is 25.7 Å². The molecule has 4 heteroatoms. The van der Waals surface area contributed by atoms with Crippen molar-refractivity contribution in [2.75, 3.05) is 0 Å². The Bertz CT molecular complexity index is 444. The molecule has 19 heavy (non-hydrogen) atoms. The highest BCUT2D eigenvalue weighted by atomic mass is 16.5. The molecular formula is C15H25N3O. The van der Waals surface area contributed by atoms with Crippen LogP contribution in [-0.2, 0) is 5.41 Å². The fraction of sp³-hybridized carbons (Fsp3) is 0.867. The fourth-order valence-corrected chi connectivity index (χ4v) is 3.77. The van der Waals surface area contributed by atoms with E-state index in [-0.39, 0.29) is 11.5 Å². The molecule has 2 N–H and O–H groups in total. The molecule has 0 amide bonds. The van der Waals surface area contributed by atoms with Crippen LogP contribution in [0.3, 0.4) is 0 Å². The fourth-order valence-electron chi connectivity index (χ4n) is 3.77. The van der Waals surface area contributed by atoms with Crippen LogP contribution in [-0.4, -0.2) is 16.2 Å². The summed E-state index contributed by atoms with van der Waals surface area (Å²) in [5.41, 5.74) is 6.12. The van der Waals surface area contributed by atoms with Crippen molar-refractivity contribution in [2.45, 2.75) is 76.2 Å². The van der Waals surface area contributed by atoms with Gasteiger partial charge in [0, 0.05) is 12.0 Å². The van der Waals surface area contributed by atoms with Gasteiger partial charge in [-0.05, 0) is 44.9 Å². The number of hydrogen-bond acceptors (Lipinski definition) is 4. The van der Waals surface area contributed by atoms with E-state index in [9.17, 15) is 0 Å². The van der Waals surface area contributed by atoms with Gasteiger partial charge in [-0.2, -0.15) is 4.98 Å². The highest BCUT2D eigenvalue weighted by molar-refractivity contribution is 5.13. The average molecular weight is 263 g/mol. The van der Waals surface area contributed by atoms with Gasteiger partial charge in [-0.3, -0.25) is 0 Å². The molecule has 0 spiro atoms. The number of nitrogens with two attached hydrogens (primary N) is 1. The maximum absolute atomic E-state index is 6.22. The largest absolute Gasteiger partial charge is 0.339 e. The smallest absolute Gasteiger partial charge is 0.234 e. The second kappa shape index (κ2) is 4.89. The van der Waals surface area contributed by atoms with Gasteiger partial charge in [0.25, 0.3) is 0 Å². The van der Waals surface area contributed by atoms with Crippen LogP contribution in [0.25, 0.3) is 0 Å². The van der Waals surface area contributed by atoms with Gasteiger partial charge >= 0.3 is 0 Å². The Morgan fingerprint density at radius 1 is 1.37 bits per heavy atom. The topological polar surface area (TPSA) is 64.9 Å². The molecule has 2 aliphatic carbocycles. The Labute approximate surface area is 115 Å². The third-order valence-corrected chi connectivity index (χ3v) is 5.44. The first-order chi connectivity index (χ1) is 9.13. The molecule has 2 fully saturated rings. The predicted molar refractivity (Wildman–Crippen MR) is 73.8 cm³/mol. The van der Waals surface area contributed by atoms with Crippen molar-refractivity contribution in [1.82, 2.24) is 10.1 Å². The molecule has 0 aromatic carbocycles. The molecule has 1 heterocycles. The highest BCUT2D eigenvalue weighted by Crippen LogP contribution is 2.42. The van der Waals surface area contributed by atoms with E-state index in [4.69, 9.17) is 15.2 Å².